The Labute approximate surface area is 119 Å². The molecule has 8 heteroatoms. The van der Waals surface area contributed by atoms with E-state index in [1.165, 1.54) is 12.0 Å². The molecule has 1 aromatic rings. The maximum absolute atomic E-state index is 8.55. The van der Waals surface area contributed by atoms with Crippen molar-refractivity contribution in [2.24, 2.45) is 0 Å². The summed E-state index contributed by atoms with van der Waals surface area (Å²) in [7, 11) is -5.39. The predicted molar refractivity (Wildman–Crippen MR) is 57.2 cm³/mol. The SMILES string of the molecule is O.O=P([O-])([O-])[O-].[Pb+3].c1ccc2c(c1)CCCO2. The van der Waals surface area contributed by atoms with E-state index < -0.39 is 7.82 Å². The number of hydrogen-bond acceptors (Lipinski definition) is 5. The van der Waals surface area contributed by atoms with Crippen molar-refractivity contribution in [1.29, 1.82) is 0 Å². The fourth-order valence-corrected chi connectivity index (χ4v) is 1.30. The molecule has 2 rings (SSSR count). The van der Waals surface area contributed by atoms with Gasteiger partial charge in [-0.05, 0) is 24.5 Å². The quantitative estimate of drug-likeness (QED) is 0.331. The number of hydrogen-bond donors (Lipinski definition) is 0. The molecule has 1 aliphatic rings. The topological polar surface area (TPSA) is 127 Å². The molecule has 17 heavy (non-hydrogen) atoms. The van der Waals surface area contributed by atoms with Crippen molar-refractivity contribution in [3.8, 4) is 5.75 Å². The number of benzene rings is 1. The van der Waals surface area contributed by atoms with Crippen LogP contribution in [0.15, 0.2) is 24.3 Å². The monoisotopic (exact) mass is 455 g/mol. The summed E-state index contributed by atoms with van der Waals surface area (Å²) in [6.07, 6.45) is 2.34. The second-order valence-electron chi connectivity index (χ2n) is 3.01. The van der Waals surface area contributed by atoms with Gasteiger partial charge in [-0.25, -0.2) is 0 Å². The smallest absolute Gasteiger partial charge is 0.822 e. The molecular weight excluding hydrogens is 442 g/mol. The third kappa shape index (κ3) is 9.69. The maximum Gasteiger partial charge on any atom is 3.00 e. The summed E-state index contributed by atoms with van der Waals surface area (Å²) in [6, 6.07) is 8.25. The summed E-state index contributed by atoms with van der Waals surface area (Å²) in [6.45, 7) is 0.886. The number of ether oxygens (including phenoxy) is 1. The molecule has 0 aliphatic carbocycles. The predicted octanol–water partition coefficient (Wildman–Crippen LogP) is -2.02. The van der Waals surface area contributed by atoms with Gasteiger partial charge in [0, 0.05) is 0 Å². The van der Waals surface area contributed by atoms with E-state index in [-0.39, 0.29) is 32.8 Å². The van der Waals surface area contributed by atoms with Gasteiger partial charge in [-0.3, -0.25) is 0 Å². The van der Waals surface area contributed by atoms with Crippen molar-refractivity contribution >= 4 is 35.1 Å². The molecule has 1 aromatic carbocycles. The zero-order valence-electron chi connectivity index (χ0n) is 8.92. The van der Waals surface area contributed by atoms with E-state index >= 15 is 0 Å². The average molecular weight is 454 g/mol. The second-order valence-corrected chi connectivity index (χ2v) is 3.90. The average Bonchev–Trinajstić information content (AvgIpc) is 2.16. The molecule has 0 spiro atoms. The van der Waals surface area contributed by atoms with Crippen LogP contribution in [0.4, 0.5) is 0 Å². The summed E-state index contributed by atoms with van der Waals surface area (Å²) in [5, 5.41) is 0. The van der Waals surface area contributed by atoms with Crippen LogP contribution >= 0.6 is 7.82 Å². The zero-order chi connectivity index (χ0) is 11.3. The Morgan fingerprint density at radius 1 is 1.18 bits per heavy atom. The van der Waals surface area contributed by atoms with Crippen LogP contribution in [0.5, 0.6) is 5.75 Å². The number of fused-ring (bicyclic) bond motifs is 1. The largest absolute Gasteiger partial charge is 3.00 e. The molecule has 0 aromatic heterocycles. The molecule has 1 radical (unpaired) electrons. The van der Waals surface area contributed by atoms with Crippen LogP contribution in [0.1, 0.15) is 12.0 Å². The molecule has 0 fully saturated rings. The van der Waals surface area contributed by atoms with Gasteiger partial charge in [0.15, 0.2) is 0 Å². The molecule has 2 N–H and O–H groups in total. The molecule has 6 nitrogen and oxygen atoms in total. The van der Waals surface area contributed by atoms with Gasteiger partial charge in [-0.15, -0.1) is 0 Å². The molecule has 1 aliphatic heterocycles. The number of aryl methyl sites for hydroxylation is 1. The van der Waals surface area contributed by atoms with Crippen molar-refractivity contribution in [1.82, 2.24) is 0 Å². The Hall–Kier alpha value is 0.0121. The van der Waals surface area contributed by atoms with Crippen LogP contribution in [-0.2, 0) is 11.0 Å². The van der Waals surface area contributed by atoms with Gasteiger partial charge in [-0.2, -0.15) is 7.82 Å². The first-order chi connectivity index (χ1) is 6.97. The van der Waals surface area contributed by atoms with Crippen molar-refractivity contribution < 1.29 is 29.5 Å². The van der Waals surface area contributed by atoms with E-state index in [9.17, 15) is 0 Å². The van der Waals surface area contributed by atoms with E-state index in [4.69, 9.17) is 24.0 Å². The van der Waals surface area contributed by atoms with Crippen molar-refractivity contribution in [2.75, 3.05) is 6.61 Å². The van der Waals surface area contributed by atoms with E-state index in [1.54, 1.807) is 0 Å². The molecular formula is C9H12O6PPb. The van der Waals surface area contributed by atoms with E-state index in [0.29, 0.717) is 0 Å². The molecule has 0 atom stereocenters. The van der Waals surface area contributed by atoms with Crippen molar-refractivity contribution in [2.45, 2.75) is 12.8 Å². The van der Waals surface area contributed by atoms with Gasteiger partial charge in [0.05, 0.1) is 6.61 Å². The van der Waals surface area contributed by atoms with Gasteiger partial charge in [-0.1, -0.05) is 18.2 Å². The minimum Gasteiger partial charge on any atom is -0.822 e. The number of rotatable bonds is 0. The molecule has 0 bridgehead atoms. The maximum atomic E-state index is 8.55. The van der Waals surface area contributed by atoms with Crippen LogP contribution in [-0.4, -0.2) is 39.4 Å². The number of para-hydroxylation sites is 1. The van der Waals surface area contributed by atoms with Crippen LogP contribution in [0.25, 0.3) is 0 Å². The summed E-state index contributed by atoms with van der Waals surface area (Å²) < 4.78 is 14.0. The third-order valence-electron chi connectivity index (χ3n) is 1.82. The van der Waals surface area contributed by atoms with Gasteiger partial charge < -0.3 is 29.5 Å². The molecule has 0 saturated heterocycles. The summed E-state index contributed by atoms with van der Waals surface area (Å²) >= 11 is 0. The molecule has 0 saturated carbocycles. The zero-order valence-corrected chi connectivity index (χ0v) is 13.7. The molecule has 0 unspecified atom stereocenters. The van der Waals surface area contributed by atoms with Crippen LogP contribution in [0.2, 0.25) is 0 Å². The summed E-state index contributed by atoms with van der Waals surface area (Å²) in [5.41, 5.74) is 1.36. The normalized spacial score (nSPS) is 12.6. The Morgan fingerprint density at radius 2 is 1.71 bits per heavy atom. The Kier molecular flexibility index (Phi) is 10.3. The Morgan fingerprint density at radius 3 is 2.24 bits per heavy atom. The van der Waals surface area contributed by atoms with Gasteiger partial charge >= 0.3 is 27.3 Å². The summed E-state index contributed by atoms with van der Waals surface area (Å²) in [5.74, 6) is 1.08. The standard InChI is InChI=1S/C9H10O.H3O4P.H2O.Pb/c1-2-6-9-8(4-1)5-3-7-10-9;1-5(2,3)4;;/h1-2,4,6H,3,5,7H2;(H3,1,2,3,4);1H2;/q;;;+3/p-3. The fraction of sp³-hybridized carbons (Fsp3) is 0.333. The Balaban J connectivity index is 0. The first-order valence-corrected chi connectivity index (χ1v) is 5.86. The molecule has 1 heterocycles. The van der Waals surface area contributed by atoms with Crippen molar-refractivity contribution in [3.05, 3.63) is 29.8 Å². The molecule has 93 valence electrons. The first kappa shape index (κ1) is 19.4. The second kappa shape index (κ2) is 9.01. The van der Waals surface area contributed by atoms with Crippen LogP contribution in [0, 0.1) is 0 Å². The van der Waals surface area contributed by atoms with Crippen LogP contribution < -0.4 is 19.4 Å². The van der Waals surface area contributed by atoms with Gasteiger partial charge in [0.1, 0.15) is 5.75 Å². The first-order valence-electron chi connectivity index (χ1n) is 4.40. The van der Waals surface area contributed by atoms with Crippen molar-refractivity contribution in [3.63, 3.8) is 0 Å². The number of phosphoric acid groups is 1. The fourth-order valence-electron chi connectivity index (χ4n) is 1.30. The minimum absolute atomic E-state index is 0. The third-order valence-corrected chi connectivity index (χ3v) is 1.82. The Bertz CT molecular complexity index is 333. The van der Waals surface area contributed by atoms with E-state index in [1.807, 2.05) is 12.1 Å². The van der Waals surface area contributed by atoms with Gasteiger partial charge in [0.25, 0.3) is 0 Å². The molecule has 0 amide bonds. The minimum atomic E-state index is -5.39. The van der Waals surface area contributed by atoms with Gasteiger partial charge in [0.2, 0.25) is 0 Å². The van der Waals surface area contributed by atoms with E-state index in [0.717, 1.165) is 18.8 Å². The summed E-state index contributed by atoms with van der Waals surface area (Å²) in [4.78, 5) is 25.6. The van der Waals surface area contributed by atoms with E-state index in [2.05, 4.69) is 12.1 Å². The van der Waals surface area contributed by atoms with Crippen LogP contribution in [0.3, 0.4) is 0 Å².